The van der Waals surface area contributed by atoms with Crippen molar-refractivity contribution in [3.05, 3.63) is 0 Å². The zero-order valence-corrected chi connectivity index (χ0v) is 21.6. The van der Waals surface area contributed by atoms with Gasteiger partial charge in [-0.15, -0.1) is 0 Å². The van der Waals surface area contributed by atoms with Gasteiger partial charge in [-0.05, 0) is 6.92 Å². The van der Waals surface area contributed by atoms with Crippen molar-refractivity contribution in [1.29, 1.82) is 0 Å². The summed E-state index contributed by atoms with van der Waals surface area (Å²) in [5, 5.41) is 81.4. The topological polar surface area (TPSA) is 291 Å². The Morgan fingerprint density at radius 1 is 0.795 bits per heavy atom. The summed E-state index contributed by atoms with van der Waals surface area (Å²) in [6, 6.07) is -1.53. The van der Waals surface area contributed by atoms with Gasteiger partial charge in [-0.1, -0.05) is 0 Å². The maximum absolute atomic E-state index is 11.9. The molecule has 3 aliphatic heterocycles. The van der Waals surface area contributed by atoms with Crippen LogP contribution < -0.4 is 5.32 Å². The molecule has 18 nitrogen and oxygen atoms in total. The van der Waals surface area contributed by atoms with Gasteiger partial charge in [-0.25, -0.2) is 0 Å². The molecule has 0 aromatic carbocycles. The average Bonchev–Trinajstić information content (AvgIpc) is 2.84. The lowest BCUT2D eigenvalue weighted by Gasteiger charge is -2.49. The number of hydrogen-bond acceptors (Lipinski definition) is 16. The number of carbonyl (C=O) groups is 1. The van der Waals surface area contributed by atoms with E-state index in [-0.39, 0.29) is 0 Å². The van der Waals surface area contributed by atoms with E-state index in [1.54, 1.807) is 0 Å². The molecule has 19 heteroatoms. The number of aliphatic hydroxyl groups is 8. The van der Waals surface area contributed by atoms with Crippen LogP contribution in [0.15, 0.2) is 0 Å². The molecule has 3 fully saturated rings. The highest BCUT2D eigenvalue weighted by Crippen LogP contribution is 2.34. The molecular weight excluding hydrogens is 558 g/mol. The lowest BCUT2D eigenvalue weighted by Crippen LogP contribution is -2.69. The minimum atomic E-state index is -5.14. The molecule has 15 atom stereocenters. The molecule has 0 spiro atoms. The number of rotatable bonds is 8. The smallest absolute Gasteiger partial charge is 0.273 e. The van der Waals surface area contributed by atoms with Gasteiger partial charge in [0.25, 0.3) is 10.1 Å². The number of ether oxygens (including phenoxy) is 5. The minimum Gasteiger partial charge on any atom is -0.394 e. The quantitative estimate of drug-likeness (QED) is 0.117. The zero-order chi connectivity index (χ0) is 29.4. The van der Waals surface area contributed by atoms with E-state index in [4.69, 9.17) is 23.7 Å². The molecule has 10 N–H and O–H groups in total. The van der Waals surface area contributed by atoms with Crippen LogP contribution in [0.1, 0.15) is 13.8 Å². The van der Waals surface area contributed by atoms with Crippen LogP contribution in [0, 0.1) is 0 Å². The molecule has 3 heterocycles. The van der Waals surface area contributed by atoms with Crippen molar-refractivity contribution in [3.63, 3.8) is 0 Å². The Kier molecular flexibility index (Phi) is 10.6. The summed E-state index contributed by atoms with van der Waals surface area (Å²) >= 11 is 0. The summed E-state index contributed by atoms with van der Waals surface area (Å²) in [6.07, 6.45) is -22.7. The highest BCUT2D eigenvalue weighted by atomic mass is 32.2. The van der Waals surface area contributed by atoms with Crippen molar-refractivity contribution in [2.75, 3.05) is 13.2 Å². The highest BCUT2D eigenvalue weighted by molar-refractivity contribution is 7.86. The van der Waals surface area contributed by atoms with Gasteiger partial charge in [0.1, 0.15) is 66.2 Å². The van der Waals surface area contributed by atoms with Crippen LogP contribution in [0.5, 0.6) is 0 Å². The summed E-state index contributed by atoms with van der Waals surface area (Å²) in [7, 11) is -5.14. The first-order valence-corrected chi connectivity index (χ1v) is 13.4. The monoisotopic (exact) mass is 593 g/mol. The van der Waals surface area contributed by atoms with Crippen LogP contribution in [-0.4, -0.2) is 164 Å². The molecule has 0 bridgehead atoms. The normalized spacial score (nSPS) is 47.5. The van der Waals surface area contributed by atoms with Gasteiger partial charge in [-0.3, -0.25) is 9.35 Å². The van der Waals surface area contributed by atoms with E-state index in [9.17, 15) is 58.6 Å². The number of aliphatic hydroxyl groups excluding tert-OH is 8. The highest BCUT2D eigenvalue weighted by Gasteiger charge is 2.56. The lowest BCUT2D eigenvalue weighted by atomic mass is 9.94. The second kappa shape index (κ2) is 12.8. The Morgan fingerprint density at radius 3 is 1.90 bits per heavy atom. The Labute approximate surface area is 222 Å². The summed E-state index contributed by atoms with van der Waals surface area (Å²) in [5.41, 5.74) is 0. The van der Waals surface area contributed by atoms with Crippen LogP contribution in [-0.2, 0) is 38.6 Å². The first kappa shape index (κ1) is 32.4. The van der Waals surface area contributed by atoms with Crippen molar-refractivity contribution in [3.8, 4) is 0 Å². The summed E-state index contributed by atoms with van der Waals surface area (Å²) in [5.74, 6) is -0.713. The molecule has 0 aromatic rings. The van der Waals surface area contributed by atoms with Crippen LogP contribution in [0.4, 0.5) is 0 Å². The van der Waals surface area contributed by atoms with E-state index in [1.807, 2.05) is 0 Å². The predicted octanol–water partition coefficient (Wildman–Crippen LogP) is -6.51. The Morgan fingerprint density at radius 2 is 1.36 bits per heavy atom. The van der Waals surface area contributed by atoms with E-state index in [2.05, 4.69) is 5.32 Å². The molecular formula is C20H35NO17S. The Hall–Kier alpha value is -1.14. The van der Waals surface area contributed by atoms with E-state index in [1.165, 1.54) is 6.92 Å². The van der Waals surface area contributed by atoms with Gasteiger partial charge in [0.05, 0.1) is 19.3 Å². The molecule has 3 aliphatic rings. The van der Waals surface area contributed by atoms with Gasteiger partial charge in [0.15, 0.2) is 18.9 Å². The third kappa shape index (κ3) is 6.85. The SMILES string of the molecule is CC(=O)N[C@@H]1[C@@H](O[C@@H]2O[C@@H](C)[C@@H](O)[C@@H](O)[C@@H]2O)[C@H](O[C@@H]2O[C@@H](CO)[C@H](O)[C@H](S(=O)(=O)O)[C@H]2O)[C@@H](CO)O[C@H]1O. The van der Waals surface area contributed by atoms with Gasteiger partial charge in [0.2, 0.25) is 5.91 Å². The fourth-order valence-corrected chi connectivity index (χ4v) is 5.74. The van der Waals surface area contributed by atoms with E-state index in [0.29, 0.717) is 0 Å². The molecule has 228 valence electrons. The summed E-state index contributed by atoms with van der Waals surface area (Å²) < 4.78 is 60.8. The molecule has 3 rings (SSSR count). The van der Waals surface area contributed by atoms with Crippen molar-refractivity contribution < 1.29 is 82.3 Å². The second-order valence-corrected chi connectivity index (χ2v) is 11.1. The molecule has 0 aliphatic carbocycles. The van der Waals surface area contributed by atoms with E-state index >= 15 is 0 Å². The largest absolute Gasteiger partial charge is 0.394 e. The minimum absolute atomic E-state index is 0.713. The molecule has 3 saturated heterocycles. The lowest BCUT2D eigenvalue weighted by molar-refractivity contribution is -0.363. The van der Waals surface area contributed by atoms with Crippen LogP contribution >= 0.6 is 0 Å². The van der Waals surface area contributed by atoms with E-state index < -0.39 is 120 Å². The van der Waals surface area contributed by atoms with Crippen LogP contribution in [0.3, 0.4) is 0 Å². The number of amides is 1. The standard InChI is InChI=1S/C20H35NO17S/c1-5-10(25)12(27)13(28)19(34-5)38-16-9(21-6(2)24)18(30)35-8(4-23)15(16)37-20-14(29)17(39(31,32)33)11(26)7(3-22)36-20/h5,7-20,22-23,25-30H,3-4H2,1-2H3,(H,21,24)(H,31,32,33)/t5-,7-,8+,9+,10+,11-,12+,13-,14+,15+,16+,17-,18+,19-,20-/m0/s1. The maximum atomic E-state index is 11.9. The first-order valence-electron chi connectivity index (χ1n) is 11.9. The van der Waals surface area contributed by atoms with Crippen molar-refractivity contribution in [1.82, 2.24) is 5.32 Å². The number of carbonyl (C=O) groups excluding carboxylic acids is 1. The number of nitrogens with one attached hydrogen (secondary N) is 1. The Balaban J connectivity index is 1.98. The predicted molar refractivity (Wildman–Crippen MR) is 121 cm³/mol. The average molecular weight is 594 g/mol. The van der Waals surface area contributed by atoms with E-state index in [0.717, 1.165) is 6.92 Å². The molecule has 0 unspecified atom stereocenters. The summed E-state index contributed by atoms with van der Waals surface area (Å²) in [4.78, 5) is 11.9. The van der Waals surface area contributed by atoms with Gasteiger partial charge in [0, 0.05) is 6.92 Å². The zero-order valence-electron chi connectivity index (χ0n) is 20.8. The third-order valence-electron chi connectivity index (χ3n) is 6.77. The Bertz CT molecular complexity index is 939. The fraction of sp³-hybridized carbons (Fsp3) is 0.950. The molecule has 0 saturated carbocycles. The van der Waals surface area contributed by atoms with Crippen molar-refractivity contribution in [2.24, 2.45) is 0 Å². The second-order valence-electron chi connectivity index (χ2n) is 9.54. The van der Waals surface area contributed by atoms with Gasteiger partial charge >= 0.3 is 0 Å². The number of hydrogen-bond donors (Lipinski definition) is 10. The molecule has 0 radical (unpaired) electrons. The van der Waals surface area contributed by atoms with Crippen LogP contribution in [0.25, 0.3) is 0 Å². The maximum Gasteiger partial charge on any atom is 0.273 e. The van der Waals surface area contributed by atoms with Crippen LogP contribution in [0.2, 0.25) is 0 Å². The molecule has 1 amide bonds. The fourth-order valence-electron chi connectivity index (χ4n) is 4.73. The summed E-state index contributed by atoms with van der Waals surface area (Å²) in [6.45, 7) is 0.561. The molecule has 0 aromatic heterocycles. The van der Waals surface area contributed by atoms with Gasteiger partial charge < -0.3 is 69.9 Å². The van der Waals surface area contributed by atoms with Gasteiger partial charge in [-0.2, -0.15) is 8.42 Å². The first-order chi connectivity index (χ1) is 18.1. The third-order valence-corrected chi connectivity index (χ3v) is 8.02. The molecule has 39 heavy (non-hydrogen) atoms. The van der Waals surface area contributed by atoms with Crippen molar-refractivity contribution >= 4 is 16.0 Å². The van der Waals surface area contributed by atoms with Crippen molar-refractivity contribution in [2.45, 2.75) is 105 Å².